The van der Waals surface area contributed by atoms with Gasteiger partial charge >= 0.3 is 5.97 Å². The van der Waals surface area contributed by atoms with E-state index in [2.05, 4.69) is 0 Å². The third-order valence-electron chi connectivity index (χ3n) is 7.44. The molecule has 0 spiro atoms. The number of carbonyl (C=O) groups is 2. The Bertz CT molecular complexity index is 1510. The highest BCUT2D eigenvalue weighted by Gasteiger charge is 2.30. The number of aryl methyl sites for hydroxylation is 1. The van der Waals surface area contributed by atoms with E-state index in [9.17, 15) is 24.2 Å². The molecule has 4 aromatic rings. The largest absolute Gasteiger partial charge is 0.481 e. The molecule has 1 heterocycles. The monoisotopic (exact) mass is 571 g/mol. The second-order valence-corrected chi connectivity index (χ2v) is 11.2. The van der Waals surface area contributed by atoms with Gasteiger partial charge in [0.2, 0.25) is 0 Å². The quantitative estimate of drug-likeness (QED) is 0.153. The van der Waals surface area contributed by atoms with Gasteiger partial charge in [-0.1, -0.05) is 74.0 Å². The van der Waals surface area contributed by atoms with Gasteiger partial charge in [-0.25, -0.2) is 4.39 Å². The number of hydrogen-bond donors (Lipinski definition) is 3. The highest BCUT2D eigenvalue weighted by atomic mass is 19.1. The molecule has 7 heteroatoms. The lowest BCUT2D eigenvalue weighted by atomic mass is 9.90. The predicted molar refractivity (Wildman–Crippen MR) is 162 cm³/mol. The third-order valence-corrected chi connectivity index (χ3v) is 7.44. The van der Waals surface area contributed by atoms with Gasteiger partial charge in [-0.15, -0.1) is 0 Å². The van der Waals surface area contributed by atoms with E-state index in [0.29, 0.717) is 12.1 Å². The maximum absolute atomic E-state index is 14.2. The molecule has 220 valence electrons. The molecule has 1 aromatic heterocycles. The van der Waals surface area contributed by atoms with E-state index in [4.69, 9.17) is 5.11 Å². The van der Waals surface area contributed by atoms with Crippen LogP contribution in [0.5, 0.6) is 0 Å². The molecule has 0 saturated heterocycles. The maximum Gasteiger partial charge on any atom is 0.305 e. The van der Waals surface area contributed by atoms with Gasteiger partial charge in [0.05, 0.1) is 24.3 Å². The summed E-state index contributed by atoms with van der Waals surface area (Å²) in [6.07, 6.45) is -2.24. The molecular weight excluding hydrogens is 533 g/mol. The molecular formula is C35H38FNO5. The first-order valence-corrected chi connectivity index (χ1v) is 14.3. The number of Topliss-reactive ketones (excluding diaryl/α,β-unsaturated/α-hetero) is 1. The Morgan fingerprint density at radius 2 is 1.48 bits per heavy atom. The molecule has 0 unspecified atom stereocenters. The Labute approximate surface area is 246 Å². The minimum atomic E-state index is -1.17. The van der Waals surface area contributed by atoms with Crippen molar-refractivity contribution in [2.45, 2.75) is 71.1 Å². The number of ketones is 1. The number of aromatic nitrogens is 1. The van der Waals surface area contributed by atoms with Crippen molar-refractivity contribution in [2.24, 2.45) is 0 Å². The van der Waals surface area contributed by atoms with Crippen LogP contribution in [0.4, 0.5) is 4.39 Å². The summed E-state index contributed by atoms with van der Waals surface area (Å²) in [6.45, 7) is 6.34. The SMILES string of the molecule is Cc1ccc(-c2c(C(=O)Cc3ccccc3)c(C(C)C)n(CC[C@@H](O)C[C@@H](O)CC(=O)O)c2-c2ccc(F)cc2)cc1. The molecule has 0 aliphatic heterocycles. The minimum Gasteiger partial charge on any atom is -0.481 e. The van der Waals surface area contributed by atoms with Crippen LogP contribution in [0.1, 0.15) is 66.2 Å². The fraction of sp³-hybridized carbons (Fsp3) is 0.314. The van der Waals surface area contributed by atoms with Crippen LogP contribution in [0.25, 0.3) is 22.4 Å². The van der Waals surface area contributed by atoms with Gasteiger partial charge in [0.15, 0.2) is 5.78 Å². The molecule has 4 rings (SSSR count). The number of carbonyl (C=O) groups excluding carboxylic acids is 1. The van der Waals surface area contributed by atoms with Crippen molar-refractivity contribution in [1.82, 2.24) is 4.57 Å². The van der Waals surface area contributed by atoms with Crippen LogP contribution in [0.3, 0.4) is 0 Å². The molecule has 0 amide bonds. The minimum absolute atomic E-state index is 0.0417. The average Bonchev–Trinajstić information content (AvgIpc) is 3.28. The van der Waals surface area contributed by atoms with Crippen LogP contribution in [0.15, 0.2) is 78.9 Å². The van der Waals surface area contributed by atoms with Crippen molar-refractivity contribution in [3.63, 3.8) is 0 Å². The van der Waals surface area contributed by atoms with Gasteiger partial charge in [-0.3, -0.25) is 9.59 Å². The van der Waals surface area contributed by atoms with Crippen molar-refractivity contribution in [3.05, 3.63) is 107 Å². The normalized spacial score (nSPS) is 12.8. The van der Waals surface area contributed by atoms with E-state index < -0.39 is 24.6 Å². The van der Waals surface area contributed by atoms with Crippen molar-refractivity contribution in [1.29, 1.82) is 0 Å². The van der Waals surface area contributed by atoms with E-state index >= 15 is 0 Å². The fourth-order valence-electron chi connectivity index (χ4n) is 5.53. The number of carboxylic acid groups (broad SMARTS) is 1. The Morgan fingerprint density at radius 1 is 0.857 bits per heavy atom. The second-order valence-electron chi connectivity index (χ2n) is 11.2. The Morgan fingerprint density at radius 3 is 2.07 bits per heavy atom. The molecule has 0 saturated carbocycles. The highest BCUT2D eigenvalue weighted by Crippen LogP contribution is 2.43. The number of aliphatic carboxylic acids is 1. The molecule has 42 heavy (non-hydrogen) atoms. The molecule has 0 radical (unpaired) electrons. The second kappa shape index (κ2) is 13.7. The van der Waals surface area contributed by atoms with E-state index in [1.54, 1.807) is 12.1 Å². The van der Waals surface area contributed by atoms with Gasteiger partial charge in [0, 0.05) is 29.8 Å². The number of halogens is 1. The lowest BCUT2D eigenvalue weighted by Crippen LogP contribution is -2.22. The summed E-state index contributed by atoms with van der Waals surface area (Å²) in [5.41, 5.74) is 6.46. The fourth-order valence-corrected chi connectivity index (χ4v) is 5.53. The van der Waals surface area contributed by atoms with Crippen LogP contribution >= 0.6 is 0 Å². The zero-order valence-corrected chi connectivity index (χ0v) is 24.3. The summed E-state index contributed by atoms with van der Waals surface area (Å²) in [6, 6.07) is 23.7. The summed E-state index contributed by atoms with van der Waals surface area (Å²) in [5.74, 6) is -1.63. The molecule has 0 fully saturated rings. The predicted octanol–water partition coefficient (Wildman–Crippen LogP) is 6.80. The number of aliphatic hydroxyl groups is 2. The van der Waals surface area contributed by atoms with Crippen molar-refractivity contribution < 1.29 is 29.3 Å². The van der Waals surface area contributed by atoms with Gasteiger partial charge < -0.3 is 19.9 Å². The third kappa shape index (κ3) is 7.41. The van der Waals surface area contributed by atoms with Crippen LogP contribution in [-0.2, 0) is 17.8 Å². The topological polar surface area (TPSA) is 99.8 Å². The number of hydrogen-bond acceptors (Lipinski definition) is 4. The molecule has 2 atom stereocenters. The summed E-state index contributed by atoms with van der Waals surface area (Å²) < 4.78 is 16.1. The first-order chi connectivity index (χ1) is 20.0. The first kappa shape index (κ1) is 30.9. The smallest absolute Gasteiger partial charge is 0.305 e. The Hall–Kier alpha value is -4.07. The maximum atomic E-state index is 14.2. The van der Waals surface area contributed by atoms with Gasteiger partial charge in [-0.05, 0) is 66.6 Å². The average molecular weight is 572 g/mol. The molecule has 3 aromatic carbocycles. The number of benzene rings is 3. The molecule has 6 nitrogen and oxygen atoms in total. The van der Waals surface area contributed by atoms with Crippen LogP contribution < -0.4 is 0 Å². The lowest BCUT2D eigenvalue weighted by Gasteiger charge is -2.20. The summed E-state index contributed by atoms with van der Waals surface area (Å²) in [5, 5.41) is 29.9. The van der Waals surface area contributed by atoms with Gasteiger partial charge in [-0.2, -0.15) is 0 Å². The number of carboxylic acids is 1. The van der Waals surface area contributed by atoms with Crippen molar-refractivity contribution >= 4 is 11.8 Å². The Balaban J connectivity index is 1.91. The van der Waals surface area contributed by atoms with Crippen LogP contribution in [-0.4, -0.2) is 43.8 Å². The number of rotatable bonds is 13. The van der Waals surface area contributed by atoms with E-state index in [1.165, 1.54) is 12.1 Å². The standard InChI is InChI=1S/C35H38FNO5/c1-22(2)34-33(30(40)19-24-7-5-4-6-8-24)32(25-11-9-23(3)10-12-25)35(26-13-15-27(36)16-14-26)37(34)18-17-28(38)20-29(39)21-31(41)42/h4-16,22,28-29,38-39H,17-21H2,1-3H3,(H,41,42)/t28-,29-/m1/s1. The van der Waals surface area contributed by atoms with E-state index in [0.717, 1.165) is 39.2 Å². The highest BCUT2D eigenvalue weighted by molar-refractivity contribution is 6.08. The zero-order chi connectivity index (χ0) is 30.4. The first-order valence-electron chi connectivity index (χ1n) is 14.3. The van der Waals surface area contributed by atoms with E-state index in [-0.39, 0.29) is 36.8 Å². The lowest BCUT2D eigenvalue weighted by molar-refractivity contribution is -0.139. The van der Waals surface area contributed by atoms with E-state index in [1.807, 2.05) is 79.9 Å². The van der Waals surface area contributed by atoms with Gasteiger partial charge in [0.25, 0.3) is 0 Å². The molecule has 3 N–H and O–H groups in total. The summed E-state index contributed by atoms with van der Waals surface area (Å²) >= 11 is 0. The van der Waals surface area contributed by atoms with Gasteiger partial charge in [0.1, 0.15) is 5.82 Å². The summed E-state index contributed by atoms with van der Waals surface area (Å²) in [7, 11) is 0. The molecule has 0 bridgehead atoms. The Kier molecular flexibility index (Phi) is 10.1. The number of nitrogens with zero attached hydrogens (tertiary/aromatic N) is 1. The van der Waals surface area contributed by atoms with Crippen LogP contribution in [0, 0.1) is 12.7 Å². The molecule has 0 aliphatic carbocycles. The van der Waals surface area contributed by atoms with Crippen molar-refractivity contribution in [3.8, 4) is 22.4 Å². The van der Waals surface area contributed by atoms with Crippen molar-refractivity contribution in [2.75, 3.05) is 0 Å². The van der Waals surface area contributed by atoms with Crippen LogP contribution in [0.2, 0.25) is 0 Å². The summed E-state index contributed by atoms with van der Waals surface area (Å²) in [4.78, 5) is 25.2. The number of aliphatic hydroxyl groups excluding tert-OH is 2. The zero-order valence-electron chi connectivity index (χ0n) is 24.3. The molecule has 0 aliphatic rings.